The number of aromatic amines is 1. The van der Waals surface area contributed by atoms with Crippen LogP contribution in [0.25, 0.3) is 6.08 Å². The molecule has 0 aromatic carbocycles. The molecule has 0 unspecified atom stereocenters. The molecule has 1 nitrogen and oxygen atoms in total. The molecule has 0 atom stereocenters. The van der Waals surface area contributed by atoms with E-state index >= 15 is 0 Å². The average molecular weight is 121 g/mol. The van der Waals surface area contributed by atoms with Crippen molar-refractivity contribution in [3.8, 4) is 0 Å². The van der Waals surface area contributed by atoms with Crippen molar-refractivity contribution >= 4 is 6.08 Å². The van der Waals surface area contributed by atoms with Gasteiger partial charge in [-0.1, -0.05) is 13.5 Å². The highest BCUT2D eigenvalue weighted by molar-refractivity contribution is 5.42. The largest absolute Gasteiger partial charge is 0.359 e. The monoisotopic (exact) mass is 121 g/mol. The highest BCUT2D eigenvalue weighted by Crippen LogP contribution is 2.02. The Labute approximate surface area is 55.4 Å². The molecule has 0 bridgehead atoms. The Bertz CT molecular complexity index is 198. The summed E-state index contributed by atoms with van der Waals surface area (Å²) in [6, 6.07) is 4.11. The predicted molar refractivity (Wildman–Crippen MR) is 40.3 cm³/mol. The molecule has 0 amide bonds. The molecular weight excluding hydrogens is 110 g/mol. The van der Waals surface area contributed by atoms with Gasteiger partial charge < -0.3 is 4.98 Å². The van der Waals surface area contributed by atoms with E-state index in [2.05, 4.69) is 24.6 Å². The van der Waals surface area contributed by atoms with Crippen LogP contribution < -0.4 is 0 Å². The Morgan fingerprint density at radius 2 is 2.44 bits per heavy atom. The predicted octanol–water partition coefficient (Wildman–Crippen LogP) is 2.22. The van der Waals surface area contributed by atoms with Crippen LogP contribution in [-0.4, -0.2) is 4.98 Å². The minimum atomic E-state index is 1.06. The SMILES string of the molecule is C=Cc1ccc(CC)[nH]1. The van der Waals surface area contributed by atoms with Crippen LogP contribution in [-0.2, 0) is 6.42 Å². The molecule has 0 aliphatic rings. The van der Waals surface area contributed by atoms with Crippen molar-refractivity contribution in [1.82, 2.24) is 4.98 Å². The van der Waals surface area contributed by atoms with Gasteiger partial charge in [-0.05, 0) is 24.6 Å². The van der Waals surface area contributed by atoms with Gasteiger partial charge in [0.05, 0.1) is 0 Å². The van der Waals surface area contributed by atoms with Gasteiger partial charge in [0, 0.05) is 11.4 Å². The molecule has 48 valence electrons. The lowest BCUT2D eigenvalue weighted by Gasteiger charge is -1.85. The number of H-pyrrole nitrogens is 1. The number of hydrogen-bond acceptors (Lipinski definition) is 0. The van der Waals surface area contributed by atoms with E-state index in [-0.39, 0.29) is 0 Å². The quantitative estimate of drug-likeness (QED) is 0.617. The summed E-state index contributed by atoms with van der Waals surface area (Å²) in [7, 11) is 0. The second kappa shape index (κ2) is 2.53. The van der Waals surface area contributed by atoms with Crippen molar-refractivity contribution in [3.63, 3.8) is 0 Å². The molecule has 0 saturated heterocycles. The van der Waals surface area contributed by atoms with Crippen molar-refractivity contribution in [3.05, 3.63) is 30.1 Å². The van der Waals surface area contributed by atoms with Gasteiger partial charge in [-0.15, -0.1) is 0 Å². The van der Waals surface area contributed by atoms with Crippen LogP contribution in [0.1, 0.15) is 18.3 Å². The minimum Gasteiger partial charge on any atom is -0.359 e. The maximum Gasteiger partial charge on any atom is 0.0376 e. The Kier molecular flexibility index (Phi) is 1.73. The third kappa shape index (κ3) is 1.22. The summed E-state index contributed by atoms with van der Waals surface area (Å²) in [5, 5.41) is 0. The van der Waals surface area contributed by atoms with Crippen molar-refractivity contribution < 1.29 is 0 Å². The maximum absolute atomic E-state index is 3.65. The zero-order chi connectivity index (χ0) is 6.69. The molecule has 0 fully saturated rings. The molecule has 1 heterocycles. The lowest BCUT2D eigenvalue weighted by Crippen LogP contribution is -1.76. The first-order valence-corrected chi connectivity index (χ1v) is 3.17. The zero-order valence-electron chi connectivity index (χ0n) is 5.65. The molecule has 0 aliphatic carbocycles. The summed E-state index contributed by atoms with van der Waals surface area (Å²) in [5.74, 6) is 0. The van der Waals surface area contributed by atoms with E-state index in [0.29, 0.717) is 0 Å². The zero-order valence-corrected chi connectivity index (χ0v) is 5.65. The summed E-state index contributed by atoms with van der Waals surface area (Å²) >= 11 is 0. The fraction of sp³-hybridized carbons (Fsp3) is 0.250. The Balaban J connectivity index is 2.86. The summed E-state index contributed by atoms with van der Waals surface area (Å²) in [6.45, 7) is 5.77. The van der Waals surface area contributed by atoms with E-state index in [4.69, 9.17) is 0 Å². The van der Waals surface area contributed by atoms with Crippen LogP contribution in [0.4, 0.5) is 0 Å². The molecule has 1 rings (SSSR count). The van der Waals surface area contributed by atoms with Gasteiger partial charge in [0.2, 0.25) is 0 Å². The first-order chi connectivity index (χ1) is 4.36. The van der Waals surface area contributed by atoms with Gasteiger partial charge in [-0.25, -0.2) is 0 Å². The van der Waals surface area contributed by atoms with Gasteiger partial charge in [-0.2, -0.15) is 0 Å². The number of aryl methyl sites for hydroxylation is 1. The Hall–Kier alpha value is -0.980. The van der Waals surface area contributed by atoms with E-state index in [0.717, 1.165) is 12.1 Å². The molecule has 0 radical (unpaired) electrons. The molecule has 1 N–H and O–H groups in total. The number of aromatic nitrogens is 1. The van der Waals surface area contributed by atoms with E-state index < -0.39 is 0 Å². The molecular formula is C8H11N. The summed E-state index contributed by atoms with van der Waals surface area (Å²) in [5.41, 5.74) is 2.37. The summed E-state index contributed by atoms with van der Waals surface area (Å²) in [6.07, 6.45) is 2.88. The second-order valence-corrected chi connectivity index (χ2v) is 2.00. The van der Waals surface area contributed by atoms with Crippen LogP contribution in [0.5, 0.6) is 0 Å². The van der Waals surface area contributed by atoms with Gasteiger partial charge in [0.1, 0.15) is 0 Å². The molecule has 0 spiro atoms. The first kappa shape index (κ1) is 6.14. The molecule has 1 aromatic rings. The minimum absolute atomic E-state index is 1.06. The molecule has 1 heteroatoms. The number of hydrogen-bond donors (Lipinski definition) is 1. The van der Waals surface area contributed by atoms with Gasteiger partial charge >= 0.3 is 0 Å². The molecule has 9 heavy (non-hydrogen) atoms. The van der Waals surface area contributed by atoms with Crippen molar-refractivity contribution in [1.29, 1.82) is 0 Å². The highest BCUT2D eigenvalue weighted by Gasteiger charge is 1.89. The lowest BCUT2D eigenvalue weighted by atomic mass is 10.3. The van der Waals surface area contributed by atoms with Crippen molar-refractivity contribution in [2.75, 3.05) is 0 Å². The molecule has 0 aliphatic heterocycles. The smallest absolute Gasteiger partial charge is 0.0376 e. The fourth-order valence-corrected chi connectivity index (χ4v) is 0.784. The summed E-state index contributed by atoms with van der Waals surface area (Å²) in [4.78, 5) is 3.19. The normalized spacial score (nSPS) is 9.44. The number of rotatable bonds is 2. The van der Waals surface area contributed by atoms with Crippen LogP contribution in [0.15, 0.2) is 18.7 Å². The van der Waals surface area contributed by atoms with Gasteiger partial charge in [-0.3, -0.25) is 0 Å². The van der Waals surface area contributed by atoms with Crippen LogP contribution in [0.2, 0.25) is 0 Å². The standard InChI is InChI=1S/C8H11N/c1-3-7-5-6-8(4-2)9-7/h3,5-6,9H,1,4H2,2H3. The molecule has 1 aromatic heterocycles. The van der Waals surface area contributed by atoms with Gasteiger partial charge in [0.25, 0.3) is 0 Å². The van der Waals surface area contributed by atoms with E-state index in [1.54, 1.807) is 0 Å². The fourth-order valence-electron chi connectivity index (χ4n) is 0.784. The average Bonchev–Trinajstić information content (AvgIpc) is 2.34. The third-order valence-corrected chi connectivity index (χ3v) is 1.37. The van der Waals surface area contributed by atoms with E-state index in [1.165, 1.54) is 5.69 Å². The second-order valence-electron chi connectivity index (χ2n) is 2.00. The van der Waals surface area contributed by atoms with E-state index in [1.807, 2.05) is 12.1 Å². The van der Waals surface area contributed by atoms with Crippen LogP contribution >= 0.6 is 0 Å². The van der Waals surface area contributed by atoms with Crippen LogP contribution in [0.3, 0.4) is 0 Å². The molecule has 0 saturated carbocycles. The topological polar surface area (TPSA) is 15.8 Å². The van der Waals surface area contributed by atoms with Crippen molar-refractivity contribution in [2.24, 2.45) is 0 Å². The van der Waals surface area contributed by atoms with E-state index in [9.17, 15) is 0 Å². The Morgan fingerprint density at radius 3 is 2.78 bits per heavy atom. The van der Waals surface area contributed by atoms with Crippen molar-refractivity contribution in [2.45, 2.75) is 13.3 Å². The summed E-state index contributed by atoms with van der Waals surface area (Å²) < 4.78 is 0. The number of nitrogens with one attached hydrogen (secondary N) is 1. The highest BCUT2D eigenvalue weighted by atomic mass is 14.7. The Morgan fingerprint density at radius 1 is 1.67 bits per heavy atom. The van der Waals surface area contributed by atoms with Gasteiger partial charge in [0.15, 0.2) is 0 Å². The third-order valence-electron chi connectivity index (χ3n) is 1.37. The van der Waals surface area contributed by atoms with Crippen LogP contribution in [0, 0.1) is 0 Å². The maximum atomic E-state index is 3.65. The lowest BCUT2D eigenvalue weighted by molar-refractivity contribution is 1.06. The first-order valence-electron chi connectivity index (χ1n) is 3.17.